The monoisotopic (exact) mass is 375 g/mol. The molecule has 2 aromatic rings. The van der Waals surface area contributed by atoms with Crippen LogP contribution in [-0.4, -0.2) is 54.6 Å². The number of aromatic nitrogens is 2. The Kier molecular flexibility index (Phi) is 4.06. The molecule has 1 aliphatic rings. The lowest BCUT2D eigenvalue weighted by Gasteiger charge is -2.30. The van der Waals surface area contributed by atoms with Crippen LogP contribution in [0.1, 0.15) is 18.9 Å². The summed E-state index contributed by atoms with van der Waals surface area (Å²) >= 11 is 0. The zero-order valence-electron chi connectivity index (χ0n) is 12.8. The van der Waals surface area contributed by atoms with E-state index in [9.17, 15) is 21.6 Å². The number of hydrogen-bond acceptors (Lipinski definition) is 5. The van der Waals surface area contributed by atoms with Gasteiger partial charge in [-0.05, 0) is 31.0 Å². The summed E-state index contributed by atoms with van der Waals surface area (Å²) in [6, 6.07) is 3.71. The third kappa shape index (κ3) is 3.11. The summed E-state index contributed by atoms with van der Waals surface area (Å²) in [5.41, 5.74) is 0.432. The average Bonchev–Trinajstić information content (AvgIpc) is 2.80. The summed E-state index contributed by atoms with van der Waals surface area (Å²) in [7, 11) is -7.60. The number of nitrogens with one attached hydrogen (secondary N) is 1. The van der Waals surface area contributed by atoms with E-state index < -0.39 is 25.8 Å². The molecule has 0 radical (unpaired) electrons. The Morgan fingerprint density at radius 3 is 2.33 bits per heavy atom. The minimum atomic E-state index is -4.35. The van der Waals surface area contributed by atoms with E-state index in [1.54, 1.807) is 0 Å². The lowest BCUT2D eigenvalue weighted by molar-refractivity contribution is 0.275. The Morgan fingerprint density at radius 2 is 1.79 bits per heavy atom. The molecule has 3 rings (SSSR count). The molecule has 1 aromatic heterocycles. The quantitative estimate of drug-likeness (QED) is 0.736. The number of H-pyrrole nitrogens is 1. The maximum absolute atomic E-state index is 12.2. The molecule has 0 aliphatic carbocycles. The second kappa shape index (κ2) is 5.69. The second-order valence-electron chi connectivity index (χ2n) is 5.85. The van der Waals surface area contributed by atoms with Crippen LogP contribution in [0.3, 0.4) is 0 Å². The second-order valence-corrected chi connectivity index (χ2v) is 9.25. The number of rotatable bonds is 3. The Labute approximate surface area is 138 Å². The van der Waals surface area contributed by atoms with Crippen LogP contribution in [0.25, 0.3) is 11.0 Å². The van der Waals surface area contributed by atoms with Gasteiger partial charge in [0.2, 0.25) is 10.0 Å². The van der Waals surface area contributed by atoms with Crippen molar-refractivity contribution in [1.29, 1.82) is 0 Å². The maximum atomic E-state index is 12.2. The lowest BCUT2D eigenvalue weighted by atomic mass is 10.1. The fourth-order valence-electron chi connectivity index (χ4n) is 3.07. The van der Waals surface area contributed by atoms with E-state index in [0.717, 1.165) is 6.26 Å². The van der Waals surface area contributed by atoms with E-state index in [1.165, 1.54) is 27.1 Å². The highest BCUT2D eigenvalue weighted by Crippen LogP contribution is 2.26. The van der Waals surface area contributed by atoms with Gasteiger partial charge in [0.1, 0.15) is 0 Å². The molecule has 11 heteroatoms. The number of nitrogens with zero attached hydrogens (tertiary/aromatic N) is 2. The predicted octanol–water partition coefficient (Wildman–Crippen LogP) is 0.173. The fraction of sp³-hybridized carbons (Fsp3) is 0.462. The molecule has 1 aromatic carbocycles. The molecule has 0 amide bonds. The first kappa shape index (κ1) is 17.1. The molecule has 1 aliphatic heterocycles. The minimum absolute atomic E-state index is 0.180. The summed E-state index contributed by atoms with van der Waals surface area (Å²) in [5.74, 6) is 0. The zero-order valence-corrected chi connectivity index (χ0v) is 14.5. The minimum Gasteiger partial charge on any atom is -0.305 e. The number of sulfonamides is 1. The molecule has 0 atom stereocenters. The first-order valence-electron chi connectivity index (χ1n) is 7.24. The molecule has 0 bridgehead atoms. The van der Waals surface area contributed by atoms with Crippen LogP contribution in [0.15, 0.2) is 27.9 Å². The molecular weight excluding hydrogens is 358 g/mol. The normalized spacial score (nSPS) is 18.2. The number of benzene rings is 1. The molecule has 24 heavy (non-hydrogen) atoms. The van der Waals surface area contributed by atoms with Crippen molar-refractivity contribution in [2.75, 3.05) is 19.3 Å². The molecule has 0 unspecified atom stereocenters. The summed E-state index contributed by atoms with van der Waals surface area (Å²) in [6.45, 7) is 0.650. The van der Waals surface area contributed by atoms with Crippen molar-refractivity contribution >= 4 is 31.2 Å². The highest BCUT2D eigenvalue weighted by molar-refractivity contribution is 7.88. The predicted molar refractivity (Wildman–Crippen MR) is 87.1 cm³/mol. The number of aromatic amines is 1. The molecule has 2 N–H and O–H groups in total. The molecule has 9 nitrogen and oxygen atoms in total. The standard InChI is InChI=1S/C13H17N3O6S2/c1-23(18,19)15-6-4-9(5-7-15)16-12-3-2-10(24(20,21)22)8-11(12)14-13(16)17/h2-3,8-9H,4-7H2,1H3,(H,14,17)(H,20,21,22). The summed E-state index contributed by atoms with van der Waals surface area (Å²) < 4.78 is 57.5. The van der Waals surface area contributed by atoms with Crippen molar-refractivity contribution in [3.63, 3.8) is 0 Å². The third-order valence-electron chi connectivity index (χ3n) is 4.24. The van der Waals surface area contributed by atoms with Crippen LogP contribution in [-0.2, 0) is 20.1 Å². The van der Waals surface area contributed by atoms with Gasteiger partial charge in [-0.2, -0.15) is 8.42 Å². The van der Waals surface area contributed by atoms with Crippen LogP contribution >= 0.6 is 0 Å². The topological polar surface area (TPSA) is 130 Å². The fourth-order valence-corrected chi connectivity index (χ4v) is 4.45. The van der Waals surface area contributed by atoms with Crippen LogP contribution in [0.4, 0.5) is 0 Å². The van der Waals surface area contributed by atoms with Gasteiger partial charge in [0.15, 0.2) is 0 Å². The van der Waals surface area contributed by atoms with Gasteiger partial charge >= 0.3 is 5.69 Å². The van der Waals surface area contributed by atoms with Gasteiger partial charge in [-0.1, -0.05) is 0 Å². The number of fused-ring (bicyclic) bond motifs is 1. The summed E-state index contributed by atoms with van der Waals surface area (Å²) in [5, 5.41) is 0. The first-order chi connectivity index (χ1) is 11.1. The van der Waals surface area contributed by atoms with Gasteiger partial charge in [0.05, 0.1) is 22.2 Å². The lowest BCUT2D eigenvalue weighted by Crippen LogP contribution is -2.39. The number of imidazole rings is 1. The highest BCUT2D eigenvalue weighted by atomic mass is 32.2. The van der Waals surface area contributed by atoms with Gasteiger partial charge < -0.3 is 4.98 Å². The van der Waals surface area contributed by atoms with E-state index in [2.05, 4.69) is 4.98 Å². The van der Waals surface area contributed by atoms with Gasteiger partial charge in [-0.15, -0.1) is 0 Å². The molecule has 1 fully saturated rings. The summed E-state index contributed by atoms with van der Waals surface area (Å²) in [4.78, 5) is 14.5. The van der Waals surface area contributed by atoms with Crippen molar-refractivity contribution in [1.82, 2.24) is 13.9 Å². The molecular formula is C13H17N3O6S2. The highest BCUT2D eigenvalue weighted by Gasteiger charge is 2.27. The molecule has 0 spiro atoms. The zero-order chi connectivity index (χ0) is 17.7. The SMILES string of the molecule is CS(=O)(=O)N1CCC(n2c(=O)[nH]c3cc(S(=O)(=O)O)ccc32)CC1. The van der Waals surface area contributed by atoms with Crippen molar-refractivity contribution in [3.05, 3.63) is 28.7 Å². The van der Waals surface area contributed by atoms with E-state index in [-0.39, 0.29) is 10.9 Å². The van der Waals surface area contributed by atoms with Crippen LogP contribution in [0.2, 0.25) is 0 Å². The smallest absolute Gasteiger partial charge is 0.305 e. The van der Waals surface area contributed by atoms with Crippen LogP contribution in [0, 0.1) is 0 Å². The third-order valence-corrected chi connectivity index (χ3v) is 6.40. The maximum Gasteiger partial charge on any atom is 0.326 e. The molecule has 0 saturated carbocycles. The summed E-state index contributed by atoms with van der Waals surface area (Å²) in [6.07, 6.45) is 2.13. The average molecular weight is 375 g/mol. The van der Waals surface area contributed by atoms with Crippen LogP contribution in [0.5, 0.6) is 0 Å². The Morgan fingerprint density at radius 1 is 1.17 bits per heavy atom. The molecule has 1 saturated heterocycles. The van der Waals surface area contributed by atoms with Gasteiger partial charge in [0, 0.05) is 19.1 Å². The number of hydrogen-bond donors (Lipinski definition) is 2. The Balaban J connectivity index is 1.97. The van der Waals surface area contributed by atoms with Crippen molar-refractivity contribution in [3.8, 4) is 0 Å². The molecule has 2 heterocycles. The molecule has 132 valence electrons. The first-order valence-corrected chi connectivity index (χ1v) is 10.5. The van der Waals surface area contributed by atoms with E-state index in [4.69, 9.17) is 4.55 Å². The van der Waals surface area contributed by atoms with Crippen LogP contribution < -0.4 is 5.69 Å². The Bertz CT molecular complexity index is 1040. The van der Waals surface area contributed by atoms with E-state index in [1.807, 2.05) is 0 Å². The van der Waals surface area contributed by atoms with Crippen molar-refractivity contribution < 1.29 is 21.4 Å². The van der Waals surface area contributed by atoms with Gasteiger partial charge in [-0.3, -0.25) is 9.12 Å². The van der Waals surface area contributed by atoms with Crippen molar-refractivity contribution in [2.45, 2.75) is 23.8 Å². The largest absolute Gasteiger partial charge is 0.326 e. The van der Waals surface area contributed by atoms with E-state index >= 15 is 0 Å². The van der Waals surface area contributed by atoms with Crippen molar-refractivity contribution in [2.24, 2.45) is 0 Å². The van der Waals surface area contributed by atoms with Gasteiger partial charge in [-0.25, -0.2) is 17.5 Å². The number of piperidine rings is 1. The van der Waals surface area contributed by atoms with Gasteiger partial charge in [0.25, 0.3) is 10.1 Å². The Hall–Kier alpha value is -1.69. The van der Waals surface area contributed by atoms with E-state index in [0.29, 0.717) is 37.0 Å².